The van der Waals surface area contributed by atoms with E-state index >= 15 is 0 Å². The normalized spacial score (nSPS) is 12.7. The van der Waals surface area contributed by atoms with Gasteiger partial charge in [0.1, 0.15) is 31.4 Å². The van der Waals surface area contributed by atoms with Gasteiger partial charge in [0.15, 0.2) is 17.3 Å². The Morgan fingerprint density at radius 3 is 2.59 bits per heavy atom. The van der Waals surface area contributed by atoms with Crippen molar-refractivity contribution in [1.82, 2.24) is 0 Å². The van der Waals surface area contributed by atoms with E-state index in [1.54, 1.807) is 18.2 Å². The summed E-state index contributed by atoms with van der Waals surface area (Å²) in [5.41, 5.74) is 1.92. The predicted molar refractivity (Wildman–Crippen MR) is 108 cm³/mol. The summed E-state index contributed by atoms with van der Waals surface area (Å²) in [6, 6.07) is 19.0. The van der Waals surface area contributed by atoms with Crippen LogP contribution in [0.25, 0.3) is 6.08 Å². The van der Waals surface area contributed by atoms with Gasteiger partial charge >= 0.3 is 0 Å². The lowest BCUT2D eigenvalue weighted by molar-refractivity contribution is 0.104. The lowest BCUT2D eigenvalue weighted by Gasteiger charge is -2.18. The summed E-state index contributed by atoms with van der Waals surface area (Å²) in [4.78, 5) is 12.7. The fraction of sp³-hybridized carbons (Fsp3) is 0.125. The molecule has 0 amide bonds. The van der Waals surface area contributed by atoms with E-state index in [1.807, 2.05) is 36.4 Å². The molecule has 0 aromatic heterocycles. The molecule has 0 spiro atoms. The van der Waals surface area contributed by atoms with Crippen molar-refractivity contribution < 1.29 is 23.4 Å². The molecule has 0 aliphatic carbocycles. The number of ketones is 1. The molecule has 1 aliphatic rings. The maximum absolute atomic E-state index is 13.8. The largest absolute Gasteiger partial charge is 0.488 e. The minimum atomic E-state index is -0.492. The van der Waals surface area contributed by atoms with Crippen molar-refractivity contribution >= 4 is 11.9 Å². The molecule has 0 saturated heterocycles. The number of hydrogen-bond acceptors (Lipinski definition) is 4. The molecule has 0 atom stereocenters. The highest BCUT2D eigenvalue weighted by Crippen LogP contribution is 2.31. The number of hydrogen-bond donors (Lipinski definition) is 0. The van der Waals surface area contributed by atoms with E-state index in [9.17, 15) is 9.18 Å². The summed E-state index contributed by atoms with van der Waals surface area (Å²) in [5, 5.41) is 0. The van der Waals surface area contributed by atoms with Crippen molar-refractivity contribution in [2.24, 2.45) is 0 Å². The lowest BCUT2D eigenvalue weighted by atomic mass is 10.1. The molecular formula is C24H19FO4. The summed E-state index contributed by atoms with van der Waals surface area (Å²) in [7, 11) is 0. The van der Waals surface area contributed by atoms with Crippen LogP contribution in [0.3, 0.4) is 0 Å². The molecule has 1 heterocycles. The minimum absolute atomic E-state index is 0.176. The van der Waals surface area contributed by atoms with Crippen molar-refractivity contribution in [3.63, 3.8) is 0 Å². The van der Waals surface area contributed by atoms with Crippen LogP contribution in [0.5, 0.6) is 17.2 Å². The van der Waals surface area contributed by atoms with Crippen LogP contribution in [0.1, 0.15) is 21.5 Å². The van der Waals surface area contributed by atoms with Crippen molar-refractivity contribution in [3.05, 3.63) is 95.3 Å². The molecule has 0 unspecified atom stereocenters. The molecule has 29 heavy (non-hydrogen) atoms. The zero-order valence-electron chi connectivity index (χ0n) is 15.6. The second-order valence-corrected chi connectivity index (χ2v) is 6.52. The molecule has 3 aromatic rings. The Bertz CT molecular complexity index is 1040. The average molecular weight is 390 g/mol. The van der Waals surface area contributed by atoms with Gasteiger partial charge in [0.2, 0.25) is 0 Å². The first-order valence-corrected chi connectivity index (χ1v) is 9.27. The standard InChI is InChI=1S/C24H19FO4/c25-19-8-11-22(29-16-18-4-2-1-3-5-18)20(15-19)21(26)9-6-17-7-10-23-24(14-17)28-13-12-27-23/h1-11,14-15H,12-13,16H2/b9-6+. The second-order valence-electron chi connectivity index (χ2n) is 6.52. The average Bonchev–Trinajstić information content (AvgIpc) is 2.77. The van der Waals surface area contributed by atoms with Gasteiger partial charge in [-0.15, -0.1) is 0 Å². The zero-order valence-corrected chi connectivity index (χ0v) is 15.6. The first-order chi connectivity index (χ1) is 14.2. The van der Waals surface area contributed by atoms with Gasteiger partial charge < -0.3 is 14.2 Å². The third kappa shape index (κ3) is 4.63. The van der Waals surface area contributed by atoms with E-state index in [2.05, 4.69) is 0 Å². The van der Waals surface area contributed by atoms with Crippen molar-refractivity contribution in [2.75, 3.05) is 13.2 Å². The number of rotatable bonds is 6. The highest BCUT2D eigenvalue weighted by molar-refractivity contribution is 6.08. The Balaban J connectivity index is 1.51. The van der Waals surface area contributed by atoms with E-state index in [0.717, 1.165) is 11.1 Å². The molecule has 3 aromatic carbocycles. The summed E-state index contributed by atoms with van der Waals surface area (Å²) in [5.74, 6) is 0.826. The highest BCUT2D eigenvalue weighted by Gasteiger charge is 2.13. The summed E-state index contributed by atoms with van der Waals surface area (Å²) < 4.78 is 30.6. The van der Waals surface area contributed by atoms with Crippen molar-refractivity contribution in [1.29, 1.82) is 0 Å². The van der Waals surface area contributed by atoms with Crippen LogP contribution in [0.2, 0.25) is 0 Å². The van der Waals surface area contributed by atoms with E-state index in [1.165, 1.54) is 24.3 Å². The topological polar surface area (TPSA) is 44.8 Å². The van der Waals surface area contributed by atoms with E-state index in [0.29, 0.717) is 37.1 Å². The van der Waals surface area contributed by atoms with Gasteiger partial charge in [-0.05, 0) is 47.5 Å². The van der Waals surface area contributed by atoms with Crippen LogP contribution in [0.4, 0.5) is 4.39 Å². The monoisotopic (exact) mass is 390 g/mol. The highest BCUT2D eigenvalue weighted by atomic mass is 19.1. The number of carbonyl (C=O) groups excluding carboxylic acids is 1. The maximum Gasteiger partial charge on any atom is 0.189 e. The SMILES string of the molecule is O=C(/C=C/c1ccc2c(c1)OCCO2)c1cc(F)ccc1OCc1ccccc1. The summed E-state index contributed by atoms with van der Waals surface area (Å²) >= 11 is 0. The van der Waals surface area contributed by atoms with Crippen LogP contribution in [-0.4, -0.2) is 19.0 Å². The second kappa shape index (κ2) is 8.61. The zero-order chi connectivity index (χ0) is 20.1. The number of benzene rings is 3. The van der Waals surface area contributed by atoms with E-state index in [4.69, 9.17) is 14.2 Å². The van der Waals surface area contributed by atoms with E-state index in [-0.39, 0.29) is 11.3 Å². The van der Waals surface area contributed by atoms with E-state index < -0.39 is 5.82 Å². The van der Waals surface area contributed by atoms with Crippen molar-refractivity contribution in [3.8, 4) is 17.2 Å². The maximum atomic E-state index is 13.8. The fourth-order valence-corrected chi connectivity index (χ4v) is 2.98. The van der Waals surface area contributed by atoms with Gasteiger partial charge in [-0.1, -0.05) is 42.5 Å². The van der Waals surface area contributed by atoms with Gasteiger partial charge in [-0.3, -0.25) is 4.79 Å². The van der Waals surface area contributed by atoms with Gasteiger partial charge in [0, 0.05) is 0 Å². The fourth-order valence-electron chi connectivity index (χ4n) is 2.98. The molecule has 0 fully saturated rings. The third-order valence-electron chi connectivity index (χ3n) is 4.44. The molecule has 5 heteroatoms. The minimum Gasteiger partial charge on any atom is -0.488 e. The number of fused-ring (bicyclic) bond motifs is 1. The van der Waals surface area contributed by atoms with Gasteiger partial charge in [0.25, 0.3) is 0 Å². The Morgan fingerprint density at radius 1 is 0.966 bits per heavy atom. The number of allylic oxidation sites excluding steroid dienone is 1. The van der Waals surface area contributed by atoms with Crippen LogP contribution in [0.15, 0.2) is 72.8 Å². The number of ether oxygens (including phenoxy) is 3. The molecule has 0 saturated carbocycles. The lowest BCUT2D eigenvalue weighted by Crippen LogP contribution is -2.15. The number of halogens is 1. The molecule has 1 aliphatic heterocycles. The molecule has 0 bridgehead atoms. The van der Waals surface area contributed by atoms with Gasteiger partial charge in [-0.25, -0.2) is 4.39 Å². The molecular weight excluding hydrogens is 371 g/mol. The summed E-state index contributed by atoms with van der Waals surface area (Å²) in [6.45, 7) is 1.30. The molecule has 4 nitrogen and oxygen atoms in total. The van der Waals surface area contributed by atoms with Crippen molar-refractivity contribution in [2.45, 2.75) is 6.61 Å². The smallest absolute Gasteiger partial charge is 0.189 e. The van der Waals surface area contributed by atoms with Gasteiger partial charge in [0.05, 0.1) is 5.56 Å². The first-order valence-electron chi connectivity index (χ1n) is 9.27. The van der Waals surface area contributed by atoms with Crippen LogP contribution in [-0.2, 0) is 6.61 Å². The van der Waals surface area contributed by atoms with Crippen LogP contribution in [0, 0.1) is 5.82 Å². The Hall–Kier alpha value is -3.60. The van der Waals surface area contributed by atoms with Crippen LogP contribution >= 0.6 is 0 Å². The summed E-state index contributed by atoms with van der Waals surface area (Å²) in [6.07, 6.45) is 3.06. The number of carbonyl (C=O) groups is 1. The predicted octanol–water partition coefficient (Wildman–Crippen LogP) is 5.07. The Labute approximate surface area is 168 Å². The Morgan fingerprint density at radius 2 is 1.76 bits per heavy atom. The molecule has 4 rings (SSSR count). The van der Waals surface area contributed by atoms with Crippen LogP contribution < -0.4 is 14.2 Å². The van der Waals surface area contributed by atoms with Gasteiger partial charge in [-0.2, -0.15) is 0 Å². The Kier molecular flexibility index (Phi) is 5.56. The molecule has 0 N–H and O–H groups in total. The molecule has 0 radical (unpaired) electrons. The third-order valence-corrected chi connectivity index (χ3v) is 4.44. The first kappa shape index (κ1) is 18.7. The quantitative estimate of drug-likeness (QED) is 0.435. The molecule has 146 valence electrons.